The predicted octanol–water partition coefficient (Wildman–Crippen LogP) is 3.72. The minimum atomic E-state index is -0.571. The lowest BCUT2D eigenvalue weighted by Crippen LogP contribution is -2.25. The fourth-order valence-electron chi connectivity index (χ4n) is 3.47. The van der Waals surface area contributed by atoms with Crippen LogP contribution >= 0.6 is 0 Å². The van der Waals surface area contributed by atoms with Gasteiger partial charge in [0.05, 0.1) is 23.7 Å². The molecule has 0 aliphatic rings. The summed E-state index contributed by atoms with van der Waals surface area (Å²) in [5.74, 6) is -1.14. The van der Waals surface area contributed by atoms with Crippen LogP contribution in [0.2, 0.25) is 0 Å². The zero-order chi connectivity index (χ0) is 23.5. The summed E-state index contributed by atoms with van der Waals surface area (Å²) in [6, 6.07) is 15.5. The highest BCUT2D eigenvalue weighted by Gasteiger charge is 2.20. The van der Waals surface area contributed by atoms with Crippen LogP contribution in [0.1, 0.15) is 21.6 Å². The number of methoxy groups -OCH3 is 1. The van der Waals surface area contributed by atoms with E-state index in [0.717, 1.165) is 0 Å². The molecule has 4 rings (SSSR count). The molecule has 0 bridgehead atoms. The fraction of sp³-hybridized carbons (Fsp3) is 0.120. The number of amides is 1. The number of nitrogens with one attached hydrogen (secondary N) is 1. The molecule has 0 fully saturated rings. The average molecular weight is 445 g/mol. The number of benzene rings is 2. The molecule has 0 saturated heterocycles. The van der Waals surface area contributed by atoms with Gasteiger partial charge in [-0.25, -0.2) is 9.37 Å². The maximum absolute atomic E-state index is 13.9. The molecule has 166 valence electrons. The van der Waals surface area contributed by atoms with Crippen molar-refractivity contribution in [3.8, 4) is 5.75 Å². The van der Waals surface area contributed by atoms with Crippen molar-refractivity contribution in [2.45, 2.75) is 13.5 Å². The number of fused-ring (bicyclic) bond motifs is 1. The first kappa shape index (κ1) is 21.9. The van der Waals surface area contributed by atoms with Crippen molar-refractivity contribution in [1.82, 2.24) is 9.55 Å². The Kier molecular flexibility index (Phi) is 5.99. The summed E-state index contributed by atoms with van der Waals surface area (Å²) < 4.78 is 20.5. The smallest absolute Gasteiger partial charge is 0.244 e. The Hall–Kier alpha value is -4.33. The molecule has 2 aromatic carbocycles. The third kappa shape index (κ3) is 4.50. The van der Waals surface area contributed by atoms with Crippen molar-refractivity contribution < 1.29 is 18.7 Å². The van der Waals surface area contributed by atoms with Gasteiger partial charge in [-0.15, -0.1) is 0 Å². The van der Waals surface area contributed by atoms with Crippen molar-refractivity contribution in [3.63, 3.8) is 0 Å². The van der Waals surface area contributed by atoms with Crippen molar-refractivity contribution in [2.75, 3.05) is 12.4 Å². The second-order valence-corrected chi connectivity index (χ2v) is 7.41. The van der Waals surface area contributed by atoms with Gasteiger partial charge in [0.2, 0.25) is 11.3 Å². The number of ketones is 1. The third-order valence-corrected chi connectivity index (χ3v) is 5.10. The number of anilines is 1. The van der Waals surface area contributed by atoms with Crippen molar-refractivity contribution in [2.24, 2.45) is 0 Å². The molecule has 33 heavy (non-hydrogen) atoms. The number of rotatable bonds is 6. The number of para-hydroxylation sites is 1. The molecule has 0 aliphatic carbocycles. The molecular weight excluding hydrogens is 425 g/mol. The lowest BCUT2D eigenvalue weighted by atomic mass is 10.0. The number of carbonyl (C=O) groups is 2. The van der Waals surface area contributed by atoms with Crippen LogP contribution in [0, 0.1) is 12.7 Å². The predicted molar refractivity (Wildman–Crippen MR) is 122 cm³/mol. The maximum Gasteiger partial charge on any atom is 0.244 e. The van der Waals surface area contributed by atoms with Gasteiger partial charge in [-0.05, 0) is 43.3 Å². The normalized spacial score (nSPS) is 10.8. The van der Waals surface area contributed by atoms with Crippen LogP contribution in [-0.4, -0.2) is 28.4 Å². The van der Waals surface area contributed by atoms with Crippen molar-refractivity contribution >= 4 is 28.4 Å². The first-order valence-corrected chi connectivity index (χ1v) is 10.1. The second-order valence-electron chi connectivity index (χ2n) is 7.41. The van der Waals surface area contributed by atoms with E-state index in [2.05, 4.69) is 10.3 Å². The highest BCUT2D eigenvalue weighted by atomic mass is 19.1. The molecule has 2 heterocycles. The van der Waals surface area contributed by atoms with E-state index in [1.807, 2.05) is 0 Å². The molecule has 0 saturated carbocycles. The number of ether oxygens (including phenoxy) is 1. The van der Waals surface area contributed by atoms with Gasteiger partial charge in [0.25, 0.3) is 0 Å². The van der Waals surface area contributed by atoms with Gasteiger partial charge in [-0.3, -0.25) is 14.4 Å². The number of aromatic nitrogens is 2. The molecule has 0 aliphatic heterocycles. The topological polar surface area (TPSA) is 90.3 Å². The number of aryl methyl sites for hydroxylation is 1. The fourth-order valence-corrected chi connectivity index (χ4v) is 3.47. The van der Waals surface area contributed by atoms with Crippen LogP contribution in [0.3, 0.4) is 0 Å². The second kappa shape index (κ2) is 9.04. The van der Waals surface area contributed by atoms with E-state index in [-0.39, 0.29) is 34.4 Å². The zero-order valence-corrected chi connectivity index (χ0v) is 18.0. The quantitative estimate of drug-likeness (QED) is 0.457. The Labute approximate surface area is 188 Å². The molecule has 0 atom stereocenters. The van der Waals surface area contributed by atoms with Crippen LogP contribution in [-0.2, 0) is 11.3 Å². The monoisotopic (exact) mass is 445 g/mol. The number of nitrogens with zero attached hydrogens (tertiary/aromatic N) is 2. The number of carbonyl (C=O) groups excluding carboxylic acids is 2. The molecule has 1 amide bonds. The minimum absolute atomic E-state index is 0.0321. The van der Waals surface area contributed by atoms with Gasteiger partial charge in [-0.1, -0.05) is 24.3 Å². The Morgan fingerprint density at radius 1 is 1.09 bits per heavy atom. The molecule has 1 N–H and O–H groups in total. The summed E-state index contributed by atoms with van der Waals surface area (Å²) in [5, 5.41) is 2.71. The van der Waals surface area contributed by atoms with Crippen LogP contribution in [0.5, 0.6) is 5.75 Å². The Balaban J connectivity index is 1.78. The lowest BCUT2D eigenvalue weighted by Gasteiger charge is -2.13. The van der Waals surface area contributed by atoms with Gasteiger partial charge in [0.15, 0.2) is 5.78 Å². The molecule has 0 unspecified atom stereocenters. The minimum Gasteiger partial charge on any atom is -0.497 e. The van der Waals surface area contributed by atoms with E-state index in [9.17, 15) is 18.8 Å². The van der Waals surface area contributed by atoms with Gasteiger partial charge < -0.3 is 14.6 Å². The van der Waals surface area contributed by atoms with E-state index in [4.69, 9.17) is 4.74 Å². The van der Waals surface area contributed by atoms with Crippen molar-refractivity contribution in [1.29, 1.82) is 0 Å². The SMILES string of the molecule is COc1cccc(C(=O)c2cn(CC(=O)Nc3ccccc3F)c3nc(C)ccc3c2=O)c1. The Morgan fingerprint density at radius 3 is 2.64 bits per heavy atom. The summed E-state index contributed by atoms with van der Waals surface area (Å²) in [6.45, 7) is 1.48. The lowest BCUT2D eigenvalue weighted by molar-refractivity contribution is -0.116. The van der Waals surface area contributed by atoms with Gasteiger partial charge >= 0.3 is 0 Å². The molecule has 2 aromatic heterocycles. The molecule has 4 aromatic rings. The Bertz CT molecular complexity index is 1450. The van der Waals surface area contributed by atoms with Gasteiger partial charge in [0.1, 0.15) is 23.8 Å². The van der Waals surface area contributed by atoms with Gasteiger partial charge in [0, 0.05) is 17.5 Å². The molecular formula is C25H20FN3O4. The molecule has 7 nitrogen and oxygen atoms in total. The van der Waals surface area contributed by atoms with Crippen LogP contribution in [0.4, 0.5) is 10.1 Å². The van der Waals surface area contributed by atoms with E-state index in [1.54, 1.807) is 43.3 Å². The number of hydrogen-bond donors (Lipinski definition) is 1. The third-order valence-electron chi connectivity index (χ3n) is 5.10. The summed E-state index contributed by atoms with van der Waals surface area (Å²) >= 11 is 0. The largest absolute Gasteiger partial charge is 0.497 e. The molecule has 8 heteroatoms. The standard InChI is InChI=1S/C25H20FN3O4/c1-15-10-11-18-24(32)19(23(31)16-6-5-7-17(12-16)33-2)13-29(25(18)27-15)14-22(30)28-21-9-4-3-8-20(21)26/h3-13H,14H2,1-2H3,(H,28,30). The van der Waals surface area contributed by atoms with Gasteiger partial charge in [-0.2, -0.15) is 0 Å². The first-order valence-electron chi connectivity index (χ1n) is 10.1. The molecule has 0 radical (unpaired) electrons. The highest BCUT2D eigenvalue weighted by Crippen LogP contribution is 2.18. The first-order chi connectivity index (χ1) is 15.9. The van der Waals surface area contributed by atoms with Crippen LogP contribution in [0.25, 0.3) is 11.0 Å². The van der Waals surface area contributed by atoms with E-state index < -0.39 is 22.9 Å². The van der Waals surface area contributed by atoms with E-state index in [1.165, 1.54) is 42.1 Å². The summed E-state index contributed by atoms with van der Waals surface area (Å²) in [5.41, 5.74) is 0.594. The molecule has 0 spiro atoms. The number of halogens is 1. The van der Waals surface area contributed by atoms with Crippen LogP contribution < -0.4 is 15.5 Å². The summed E-state index contributed by atoms with van der Waals surface area (Å²) in [7, 11) is 1.48. The summed E-state index contributed by atoms with van der Waals surface area (Å²) in [6.07, 6.45) is 1.32. The van der Waals surface area contributed by atoms with Crippen LogP contribution in [0.15, 0.2) is 71.7 Å². The Morgan fingerprint density at radius 2 is 1.88 bits per heavy atom. The van der Waals surface area contributed by atoms with E-state index >= 15 is 0 Å². The number of pyridine rings is 2. The zero-order valence-electron chi connectivity index (χ0n) is 18.0. The average Bonchev–Trinajstić information content (AvgIpc) is 2.82. The maximum atomic E-state index is 13.9. The van der Waals surface area contributed by atoms with Crippen molar-refractivity contribution in [3.05, 3.63) is 99.7 Å². The van der Waals surface area contributed by atoms with E-state index in [0.29, 0.717) is 11.4 Å². The highest BCUT2D eigenvalue weighted by molar-refractivity contribution is 6.10. The summed E-state index contributed by atoms with van der Waals surface area (Å²) in [4.78, 5) is 43.4. The number of hydrogen-bond acceptors (Lipinski definition) is 5.